The molecule has 0 bridgehead atoms. The van der Waals surface area contributed by atoms with Crippen molar-refractivity contribution in [2.75, 3.05) is 36.8 Å². The van der Waals surface area contributed by atoms with E-state index in [9.17, 15) is 9.59 Å². The molecule has 0 fully saturated rings. The number of carbonyl (C=O) groups is 2. The van der Waals surface area contributed by atoms with Crippen molar-refractivity contribution < 1.29 is 9.59 Å². The highest BCUT2D eigenvalue weighted by Crippen LogP contribution is 2.12. The van der Waals surface area contributed by atoms with Crippen LogP contribution in [0.4, 0.5) is 0 Å². The van der Waals surface area contributed by atoms with Gasteiger partial charge in [-0.1, -0.05) is 31.9 Å². The highest BCUT2D eigenvalue weighted by molar-refractivity contribution is 9.09. The van der Waals surface area contributed by atoms with Gasteiger partial charge in [0.1, 0.15) is 0 Å². The van der Waals surface area contributed by atoms with Gasteiger partial charge < -0.3 is 9.80 Å². The Morgan fingerprint density at radius 3 is 1.35 bits per heavy atom. The Balaban J connectivity index is 2.73. The second-order valence-corrected chi connectivity index (χ2v) is 7.73. The first-order valence-corrected chi connectivity index (χ1v) is 11.6. The van der Waals surface area contributed by atoms with E-state index in [0.717, 1.165) is 49.4 Å². The smallest absolute Gasteiger partial charge is 0.253 e. The molecule has 146 valence electrons. The fourth-order valence-electron chi connectivity index (χ4n) is 2.72. The van der Waals surface area contributed by atoms with Crippen molar-refractivity contribution >= 4 is 43.7 Å². The number of alkyl halides is 2. The monoisotopic (exact) mass is 488 g/mol. The summed E-state index contributed by atoms with van der Waals surface area (Å²) in [7, 11) is 0. The minimum atomic E-state index is 0.0331. The summed E-state index contributed by atoms with van der Waals surface area (Å²) in [6.45, 7) is 6.90. The van der Waals surface area contributed by atoms with Crippen LogP contribution in [0.1, 0.15) is 60.2 Å². The van der Waals surface area contributed by atoms with Crippen molar-refractivity contribution in [3.05, 3.63) is 35.4 Å². The number of nitrogens with zero attached hydrogens (tertiary/aromatic N) is 2. The summed E-state index contributed by atoms with van der Waals surface area (Å²) in [6, 6.07) is 7.09. The zero-order chi connectivity index (χ0) is 19.4. The van der Waals surface area contributed by atoms with Gasteiger partial charge in [0.05, 0.1) is 0 Å². The molecule has 0 saturated carbocycles. The number of unbranched alkanes of at least 4 members (excludes halogenated alkanes) is 2. The van der Waals surface area contributed by atoms with Gasteiger partial charge in [-0.3, -0.25) is 9.59 Å². The fraction of sp³-hybridized carbons (Fsp3) is 0.600. The molecular weight excluding hydrogens is 460 g/mol. The van der Waals surface area contributed by atoms with Crippen molar-refractivity contribution in [3.8, 4) is 0 Å². The second kappa shape index (κ2) is 13.3. The third-order valence-corrected chi connectivity index (χ3v) is 5.46. The summed E-state index contributed by atoms with van der Waals surface area (Å²) in [5.74, 6) is 0.0662. The minimum Gasteiger partial charge on any atom is -0.339 e. The molecule has 26 heavy (non-hydrogen) atoms. The van der Waals surface area contributed by atoms with Gasteiger partial charge in [0.15, 0.2) is 0 Å². The van der Waals surface area contributed by atoms with Crippen molar-refractivity contribution in [3.63, 3.8) is 0 Å². The Bertz CT molecular complexity index is 500. The van der Waals surface area contributed by atoms with E-state index in [1.165, 1.54) is 0 Å². The number of hydrogen-bond acceptors (Lipinski definition) is 2. The quantitative estimate of drug-likeness (QED) is 0.307. The number of amides is 2. The number of carbonyl (C=O) groups excluding carboxylic acids is 2. The lowest BCUT2D eigenvalue weighted by Gasteiger charge is -2.22. The summed E-state index contributed by atoms with van der Waals surface area (Å²) in [4.78, 5) is 29.0. The zero-order valence-electron chi connectivity index (χ0n) is 15.8. The first kappa shape index (κ1) is 23.2. The molecule has 1 aromatic carbocycles. The van der Waals surface area contributed by atoms with Crippen LogP contribution in [-0.2, 0) is 0 Å². The van der Waals surface area contributed by atoms with Gasteiger partial charge in [-0.15, -0.1) is 0 Å². The maximum Gasteiger partial charge on any atom is 0.253 e. The predicted octanol–water partition coefficient (Wildman–Crippen LogP) is 4.96. The standard InChI is InChI=1S/C20H30Br2N2O2/c1-3-23(15-7-5-13-21)19(25)17-9-11-18(12-10-17)20(26)24(4-2)16-8-6-14-22/h9-12H,3-8,13-16H2,1-2H3. The highest BCUT2D eigenvalue weighted by atomic mass is 79.9. The van der Waals surface area contributed by atoms with Crippen LogP contribution < -0.4 is 0 Å². The molecular formula is C20H30Br2N2O2. The van der Waals surface area contributed by atoms with Gasteiger partial charge in [-0.25, -0.2) is 0 Å². The summed E-state index contributed by atoms with van der Waals surface area (Å²) >= 11 is 6.84. The molecule has 0 unspecified atom stereocenters. The van der Waals surface area contributed by atoms with Gasteiger partial charge in [0, 0.05) is 48.0 Å². The molecule has 6 heteroatoms. The molecule has 2 amide bonds. The molecule has 4 nitrogen and oxygen atoms in total. The normalized spacial score (nSPS) is 10.6. The SMILES string of the molecule is CCN(CCCCBr)C(=O)c1ccc(C(=O)N(CC)CCCCBr)cc1. The summed E-state index contributed by atoms with van der Waals surface area (Å²) in [5, 5.41) is 1.91. The molecule has 0 N–H and O–H groups in total. The largest absolute Gasteiger partial charge is 0.339 e. The van der Waals surface area contributed by atoms with Crippen LogP contribution in [0.25, 0.3) is 0 Å². The van der Waals surface area contributed by atoms with Gasteiger partial charge in [-0.2, -0.15) is 0 Å². The van der Waals surface area contributed by atoms with Crippen molar-refractivity contribution in [1.29, 1.82) is 0 Å². The van der Waals surface area contributed by atoms with Crippen LogP contribution in [0.3, 0.4) is 0 Å². The van der Waals surface area contributed by atoms with E-state index in [2.05, 4.69) is 31.9 Å². The number of hydrogen-bond donors (Lipinski definition) is 0. The minimum absolute atomic E-state index is 0.0331. The molecule has 0 aliphatic carbocycles. The van der Waals surface area contributed by atoms with E-state index >= 15 is 0 Å². The summed E-state index contributed by atoms with van der Waals surface area (Å²) in [6.07, 6.45) is 4.08. The lowest BCUT2D eigenvalue weighted by molar-refractivity contribution is 0.0750. The maximum atomic E-state index is 12.6. The molecule has 1 aromatic rings. The number of benzene rings is 1. The van der Waals surface area contributed by atoms with Crippen LogP contribution in [0.2, 0.25) is 0 Å². The molecule has 0 spiro atoms. The lowest BCUT2D eigenvalue weighted by Crippen LogP contribution is -2.33. The number of halogens is 2. The van der Waals surface area contributed by atoms with E-state index in [1.807, 2.05) is 23.6 Å². The first-order chi connectivity index (χ1) is 12.6. The molecule has 0 radical (unpaired) electrons. The predicted molar refractivity (Wildman–Crippen MR) is 116 cm³/mol. The molecule has 1 rings (SSSR count). The average molecular weight is 490 g/mol. The molecule has 0 saturated heterocycles. The third-order valence-electron chi connectivity index (χ3n) is 4.34. The Hall–Kier alpha value is -0.880. The molecule has 0 atom stereocenters. The van der Waals surface area contributed by atoms with Crippen LogP contribution in [0, 0.1) is 0 Å². The van der Waals surface area contributed by atoms with Crippen molar-refractivity contribution in [2.24, 2.45) is 0 Å². The van der Waals surface area contributed by atoms with E-state index in [-0.39, 0.29) is 11.8 Å². The molecule has 0 aromatic heterocycles. The highest BCUT2D eigenvalue weighted by Gasteiger charge is 2.17. The van der Waals surface area contributed by atoms with E-state index < -0.39 is 0 Å². The lowest BCUT2D eigenvalue weighted by atomic mass is 10.1. The molecule has 0 heterocycles. The van der Waals surface area contributed by atoms with Crippen LogP contribution in [-0.4, -0.2) is 58.5 Å². The summed E-state index contributed by atoms with van der Waals surface area (Å²) in [5.41, 5.74) is 1.29. The Labute approximate surface area is 174 Å². The van der Waals surface area contributed by atoms with Crippen LogP contribution in [0.15, 0.2) is 24.3 Å². The van der Waals surface area contributed by atoms with Crippen LogP contribution >= 0.6 is 31.9 Å². The second-order valence-electron chi connectivity index (χ2n) is 6.14. The van der Waals surface area contributed by atoms with Crippen molar-refractivity contribution in [2.45, 2.75) is 39.5 Å². The van der Waals surface area contributed by atoms with Gasteiger partial charge in [0.25, 0.3) is 11.8 Å². The third kappa shape index (κ3) is 7.39. The fourth-order valence-corrected chi connectivity index (χ4v) is 3.51. The number of rotatable bonds is 12. The Morgan fingerprint density at radius 1 is 0.731 bits per heavy atom. The Kier molecular flexibility index (Phi) is 11.9. The van der Waals surface area contributed by atoms with Gasteiger partial charge in [-0.05, 0) is 63.8 Å². The van der Waals surface area contributed by atoms with Gasteiger partial charge >= 0.3 is 0 Å². The van der Waals surface area contributed by atoms with Crippen molar-refractivity contribution in [1.82, 2.24) is 9.80 Å². The maximum absolute atomic E-state index is 12.6. The Morgan fingerprint density at radius 2 is 1.08 bits per heavy atom. The van der Waals surface area contributed by atoms with E-state index in [0.29, 0.717) is 24.2 Å². The molecule has 0 aliphatic rings. The van der Waals surface area contributed by atoms with E-state index in [4.69, 9.17) is 0 Å². The first-order valence-electron chi connectivity index (χ1n) is 9.39. The van der Waals surface area contributed by atoms with E-state index in [1.54, 1.807) is 24.3 Å². The average Bonchev–Trinajstić information content (AvgIpc) is 2.68. The topological polar surface area (TPSA) is 40.6 Å². The molecule has 0 aliphatic heterocycles. The van der Waals surface area contributed by atoms with Crippen LogP contribution in [0.5, 0.6) is 0 Å². The van der Waals surface area contributed by atoms with Gasteiger partial charge in [0.2, 0.25) is 0 Å². The zero-order valence-corrected chi connectivity index (χ0v) is 19.0. The summed E-state index contributed by atoms with van der Waals surface area (Å²) < 4.78 is 0.